The maximum atomic E-state index is 2.15. The van der Waals surface area contributed by atoms with Crippen molar-refractivity contribution < 1.29 is 4.57 Å². The second-order valence-electron chi connectivity index (χ2n) is 3.49. The van der Waals surface area contributed by atoms with Crippen LogP contribution < -0.4 is 4.57 Å². The van der Waals surface area contributed by atoms with E-state index in [1.807, 2.05) is 0 Å². The Hall–Kier alpha value is -1.57. The zero-order valence-corrected chi connectivity index (χ0v) is 8.64. The molecule has 0 saturated carbocycles. The van der Waals surface area contributed by atoms with Crippen LogP contribution in [0.3, 0.4) is 0 Å². The molecule has 0 unspecified atom stereocenters. The van der Waals surface area contributed by atoms with E-state index in [4.69, 9.17) is 0 Å². The molecule has 2 aromatic rings. The van der Waals surface area contributed by atoms with Crippen molar-refractivity contribution in [1.29, 1.82) is 0 Å². The number of hydrogen-bond acceptors (Lipinski definition) is 0. The lowest BCUT2D eigenvalue weighted by Crippen LogP contribution is -2.28. The molecule has 2 rings (SSSR count). The minimum atomic E-state index is 1.01. The Bertz CT molecular complexity index is 412. The van der Waals surface area contributed by atoms with Gasteiger partial charge in [0.2, 0.25) is 6.33 Å². The van der Waals surface area contributed by atoms with Crippen molar-refractivity contribution in [1.82, 2.24) is 4.57 Å². The van der Waals surface area contributed by atoms with Crippen molar-refractivity contribution in [2.45, 2.75) is 20.4 Å². The van der Waals surface area contributed by atoms with Gasteiger partial charge in [-0.15, -0.1) is 0 Å². The monoisotopic (exact) mass is 187 g/mol. The van der Waals surface area contributed by atoms with Crippen molar-refractivity contribution in [2.75, 3.05) is 0 Å². The molecule has 2 nitrogen and oxygen atoms in total. The summed E-state index contributed by atoms with van der Waals surface area (Å²) in [5, 5.41) is 0. The highest BCUT2D eigenvalue weighted by molar-refractivity contribution is 5.33. The predicted octanol–water partition coefficient (Wildman–Crippen LogP) is 2.09. The first-order chi connectivity index (χ1) is 6.79. The van der Waals surface area contributed by atoms with E-state index in [9.17, 15) is 0 Å². The minimum Gasteiger partial charge on any atom is -0.237 e. The number of benzene rings is 1. The molecule has 72 valence electrons. The van der Waals surface area contributed by atoms with E-state index in [1.54, 1.807) is 0 Å². The molecule has 0 N–H and O–H groups in total. The molecule has 0 aliphatic heterocycles. The molecule has 0 saturated heterocycles. The Morgan fingerprint density at radius 3 is 2.50 bits per heavy atom. The summed E-state index contributed by atoms with van der Waals surface area (Å²) in [6, 6.07) is 8.53. The summed E-state index contributed by atoms with van der Waals surface area (Å²) in [5.41, 5.74) is 2.51. The van der Waals surface area contributed by atoms with Gasteiger partial charge >= 0.3 is 0 Å². The number of aromatic nitrogens is 2. The van der Waals surface area contributed by atoms with Gasteiger partial charge in [-0.25, -0.2) is 9.13 Å². The number of imidazole rings is 1. The van der Waals surface area contributed by atoms with Crippen LogP contribution in [0, 0.1) is 6.92 Å². The van der Waals surface area contributed by atoms with E-state index in [2.05, 4.69) is 66.0 Å². The summed E-state index contributed by atoms with van der Waals surface area (Å²) in [6.45, 7) is 5.25. The maximum absolute atomic E-state index is 2.15. The van der Waals surface area contributed by atoms with Gasteiger partial charge in [0.05, 0.1) is 6.54 Å². The van der Waals surface area contributed by atoms with Gasteiger partial charge in [-0.1, -0.05) is 17.7 Å². The number of aryl methyl sites for hydroxylation is 2. The number of rotatable bonds is 2. The van der Waals surface area contributed by atoms with E-state index in [0.29, 0.717) is 0 Å². The first-order valence-electron chi connectivity index (χ1n) is 4.93. The zero-order chi connectivity index (χ0) is 9.97. The normalized spacial score (nSPS) is 10.4. The Labute approximate surface area is 84.4 Å². The minimum absolute atomic E-state index is 1.01. The Morgan fingerprint density at radius 2 is 1.93 bits per heavy atom. The fourth-order valence-electron chi connectivity index (χ4n) is 1.45. The Balaban J connectivity index is 2.34. The molecule has 0 bridgehead atoms. The first kappa shape index (κ1) is 9.00. The standard InChI is InChI=1S/C12H15N2/c1-3-13-8-9-14(10-13)12-6-4-11(2)5-7-12/h4-10H,3H2,1-2H3/q+1. The van der Waals surface area contributed by atoms with Crippen LogP contribution in [-0.2, 0) is 6.54 Å². The van der Waals surface area contributed by atoms with E-state index >= 15 is 0 Å². The predicted molar refractivity (Wildman–Crippen MR) is 56.4 cm³/mol. The van der Waals surface area contributed by atoms with Crippen LogP contribution in [0.15, 0.2) is 43.0 Å². The van der Waals surface area contributed by atoms with Crippen molar-refractivity contribution in [3.8, 4) is 5.69 Å². The summed E-state index contributed by atoms with van der Waals surface area (Å²) in [6.07, 6.45) is 6.26. The van der Waals surface area contributed by atoms with Gasteiger partial charge < -0.3 is 0 Å². The lowest BCUT2D eigenvalue weighted by molar-refractivity contribution is -0.692. The molecule has 1 aromatic heterocycles. The fourth-order valence-corrected chi connectivity index (χ4v) is 1.45. The highest BCUT2D eigenvalue weighted by Crippen LogP contribution is 2.07. The summed E-state index contributed by atoms with van der Waals surface area (Å²) in [4.78, 5) is 0. The Morgan fingerprint density at radius 1 is 1.21 bits per heavy atom. The molecule has 1 heterocycles. The zero-order valence-electron chi connectivity index (χ0n) is 8.64. The van der Waals surface area contributed by atoms with E-state index in [-0.39, 0.29) is 0 Å². The van der Waals surface area contributed by atoms with Crippen LogP contribution in [0.1, 0.15) is 12.5 Å². The third-order valence-electron chi connectivity index (χ3n) is 2.39. The lowest BCUT2D eigenvalue weighted by atomic mass is 10.2. The second-order valence-corrected chi connectivity index (χ2v) is 3.49. The molecule has 14 heavy (non-hydrogen) atoms. The van der Waals surface area contributed by atoms with Crippen LogP contribution >= 0.6 is 0 Å². The molecule has 0 radical (unpaired) electrons. The van der Waals surface area contributed by atoms with E-state index < -0.39 is 0 Å². The molecule has 1 aromatic carbocycles. The van der Waals surface area contributed by atoms with Crippen molar-refractivity contribution >= 4 is 0 Å². The van der Waals surface area contributed by atoms with Gasteiger partial charge in [-0.05, 0) is 26.0 Å². The largest absolute Gasteiger partial charge is 0.248 e. The molecule has 0 aliphatic carbocycles. The highest BCUT2D eigenvalue weighted by atomic mass is 15.1. The third-order valence-corrected chi connectivity index (χ3v) is 2.39. The topological polar surface area (TPSA) is 8.81 Å². The fraction of sp³-hybridized carbons (Fsp3) is 0.250. The van der Waals surface area contributed by atoms with Crippen LogP contribution in [0.25, 0.3) is 5.69 Å². The SMILES string of the molecule is CC[n+]1ccn(-c2ccc(C)cc2)c1. The molecular formula is C12H15N2+. The third kappa shape index (κ3) is 1.69. The second kappa shape index (κ2) is 3.66. The summed E-state index contributed by atoms with van der Waals surface area (Å²) >= 11 is 0. The molecular weight excluding hydrogens is 172 g/mol. The summed E-state index contributed by atoms with van der Waals surface area (Å²) in [5.74, 6) is 0. The van der Waals surface area contributed by atoms with Crippen LogP contribution in [0.4, 0.5) is 0 Å². The van der Waals surface area contributed by atoms with Crippen LogP contribution in [-0.4, -0.2) is 4.57 Å². The van der Waals surface area contributed by atoms with E-state index in [0.717, 1.165) is 6.54 Å². The average molecular weight is 187 g/mol. The summed E-state index contributed by atoms with van der Waals surface area (Å²) in [7, 11) is 0. The number of hydrogen-bond donors (Lipinski definition) is 0. The van der Waals surface area contributed by atoms with Crippen molar-refractivity contribution in [3.05, 3.63) is 48.5 Å². The van der Waals surface area contributed by atoms with Crippen molar-refractivity contribution in [3.63, 3.8) is 0 Å². The molecule has 2 heteroatoms. The lowest BCUT2D eigenvalue weighted by Gasteiger charge is -1.95. The van der Waals surface area contributed by atoms with E-state index in [1.165, 1.54) is 11.3 Å². The van der Waals surface area contributed by atoms with Crippen LogP contribution in [0.5, 0.6) is 0 Å². The molecule has 0 fully saturated rings. The maximum Gasteiger partial charge on any atom is 0.248 e. The van der Waals surface area contributed by atoms with Gasteiger partial charge in [0, 0.05) is 0 Å². The average Bonchev–Trinajstić information content (AvgIpc) is 2.67. The smallest absolute Gasteiger partial charge is 0.237 e. The number of nitrogens with zero attached hydrogens (tertiary/aromatic N) is 2. The van der Waals surface area contributed by atoms with Gasteiger partial charge in [0.15, 0.2) is 0 Å². The highest BCUT2D eigenvalue weighted by Gasteiger charge is 2.03. The van der Waals surface area contributed by atoms with Gasteiger partial charge in [0.1, 0.15) is 18.1 Å². The van der Waals surface area contributed by atoms with Gasteiger partial charge in [0.25, 0.3) is 0 Å². The van der Waals surface area contributed by atoms with Crippen LogP contribution in [0.2, 0.25) is 0 Å². The van der Waals surface area contributed by atoms with Gasteiger partial charge in [-0.2, -0.15) is 0 Å². The Kier molecular flexibility index (Phi) is 2.35. The molecule has 0 amide bonds. The van der Waals surface area contributed by atoms with Crippen molar-refractivity contribution in [2.24, 2.45) is 0 Å². The molecule has 0 aliphatic rings. The van der Waals surface area contributed by atoms with Gasteiger partial charge in [-0.3, -0.25) is 0 Å². The molecule has 0 spiro atoms. The first-order valence-corrected chi connectivity index (χ1v) is 4.93. The summed E-state index contributed by atoms with van der Waals surface area (Å²) < 4.78 is 4.28. The quantitative estimate of drug-likeness (QED) is 0.637. The molecule has 0 atom stereocenters.